The molecular weight excluding hydrogens is 372 g/mol. The fourth-order valence-corrected chi connectivity index (χ4v) is 3.96. The fraction of sp³-hybridized carbons (Fsp3) is 0.333. The van der Waals surface area contributed by atoms with E-state index in [1.807, 2.05) is 18.2 Å². The number of methoxy groups -OCH3 is 2. The largest absolute Gasteiger partial charge is 0.497 e. The number of aromatic amines is 2. The first-order valence-corrected chi connectivity index (χ1v) is 9.55. The van der Waals surface area contributed by atoms with E-state index >= 15 is 0 Å². The Morgan fingerprint density at radius 2 is 1.97 bits per heavy atom. The minimum Gasteiger partial charge on any atom is -0.497 e. The van der Waals surface area contributed by atoms with Crippen LogP contribution in [-0.2, 0) is 4.79 Å². The van der Waals surface area contributed by atoms with Gasteiger partial charge >= 0.3 is 5.69 Å². The molecule has 1 aliphatic heterocycles. The Hall–Kier alpha value is -3.26. The van der Waals surface area contributed by atoms with Gasteiger partial charge < -0.3 is 24.8 Å². The second-order valence-corrected chi connectivity index (χ2v) is 7.12. The highest BCUT2D eigenvalue weighted by molar-refractivity contribution is 5.94. The number of amides is 1. The van der Waals surface area contributed by atoms with Crippen LogP contribution in [0.5, 0.6) is 11.5 Å². The van der Waals surface area contributed by atoms with Gasteiger partial charge in [-0.2, -0.15) is 0 Å². The van der Waals surface area contributed by atoms with Crippen LogP contribution in [0.2, 0.25) is 0 Å². The molecule has 3 N–H and O–H groups in total. The number of imidazole rings is 1. The van der Waals surface area contributed by atoms with Crippen LogP contribution in [0.25, 0.3) is 11.0 Å². The molecule has 152 valence electrons. The normalized spacial score (nSPS) is 16.8. The molecule has 0 spiro atoms. The standard InChI is InChI=1S/C21H24N4O4/c1-28-14-6-7-15(19(11-14)29-2)18-4-3-9-25(18)12-20(26)22-13-5-8-16-17(10-13)24-21(27)23-16/h5-8,10-11,18H,3-4,9,12H2,1-2H3,(H,22,26)(H2,23,24,27)/t18-/m1/s1. The maximum absolute atomic E-state index is 12.7. The van der Waals surface area contributed by atoms with Gasteiger partial charge in [0.2, 0.25) is 5.91 Å². The van der Waals surface area contributed by atoms with E-state index in [4.69, 9.17) is 9.47 Å². The van der Waals surface area contributed by atoms with Crippen molar-refractivity contribution in [1.82, 2.24) is 14.9 Å². The van der Waals surface area contributed by atoms with Crippen molar-refractivity contribution in [3.8, 4) is 11.5 Å². The van der Waals surface area contributed by atoms with Gasteiger partial charge in [-0.1, -0.05) is 6.07 Å². The number of nitrogens with one attached hydrogen (secondary N) is 3. The third-order valence-electron chi connectivity index (χ3n) is 5.31. The molecular formula is C21H24N4O4. The number of hydrogen-bond acceptors (Lipinski definition) is 5. The summed E-state index contributed by atoms with van der Waals surface area (Å²) in [7, 11) is 3.27. The summed E-state index contributed by atoms with van der Waals surface area (Å²) in [5, 5.41) is 2.92. The molecule has 1 fully saturated rings. The number of benzene rings is 2. The quantitative estimate of drug-likeness (QED) is 0.595. The SMILES string of the molecule is COc1ccc([C@H]2CCCN2CC(=O)Nc2ccc3[nH]c(=O)[nH]c3c2)c(OC)c1. The van der Waals surface area contributed by atoms with E-state index in [1.165, 1.54) is 0 Å². The Balaban J connectivity index is 1.47. The molecule has 2 heterocycles. The molecule has 2 aromatic carbocycles. The highest BCUT2D eigenvalue weighted by Crippen LogP contribution is 2.38. The monoisotopic (exact) mass is 396 g/mol. The summed E-state index contributed by atoms with van der Waals surface area (Å²) in [5.41, 5.74) is 2.81. The molecule has 1 aliphatic rings. The maximum Gasteiger partial charge on any atom is 0.323 e. The molecule has 8 nitrogen and oxygen atoms in total. The van der Waals surface area contributed by atoms with Crippen molar-refractivity contribution in [1.29, 1.82) is 0 Å². The molecule has 0 aliphatic carbocycles. The Kier molecular flexibility index (Phi) is 5.26. The predicted molar refractivity (Wildman–Crippen MR) is 111 cm³/mol. The van der Waals surface area contributed by atoms with Crippen LogP contribution >= 0.6 is 0 Å². The van der Waals surface area contributed by atoms with Gasteiger partial charge in [-0.25, -0.2) is 4.79 Å². The molecule has 3 aromatic rings. The van der Waals surface area contributed by atoms with Crippen LogP contribution in [0.3, 0.4) is 0 Å². The van der Waals surface area contributed by atoms with Crippen molar-refractivity contribution in [2.45, 2.75) is 18.9 Å². The summed E-state index contributed by atoms with van der Waals surface area (Å²) in [4.78, 5) is 31.6. The first kappa shape index (κ1) is 19.1. The lowest BCUT2D eigenvalue weighted by atomic mass is 10.0. The van der Waals surface area contributed by atoms with Crippen LogP contribution in [-0.4, -0.2) is 48.1 Å². The van der Waals surface area contributed by atoms with E-state index in [9.17, 15) is 9.59 Å². The smallest absolute Gasteiger partial charge is 0.323 e. The van der Waals surface area contributed by atoms with Gasteiger partial charge in [0.1, 0.15) is 11.5 Å². The Morgan fingerprint density at radius 1 is 1.14 bits per heavy atom. The van der Waals surface area contributed by atoms with Crippen molar-refractivity contribution >= 4 is 22.6 Å². The van der Waals surface area contributed by atoms with Gasteiger partial charge in [0.25, 0.3) is 0 Å². The second-order valence-electron chi connectivity index (χ2n) is 7.12. The van der Waals surface area contributed by atoms with Crippen molar-refractivity contribution < 1.29 is 14.3 Å². The van der Waals surface area contributed by atoms with Crippen LogP contribution in [0.1, 0.15) is 24.4 Å². The van der Waals surface area contributed by atoms with Crippen molar-refractivity contribution in [2.24, 2.45) is 0 Å². The Labute approximate surface area is 167 Å². The molecule has 1 atom stereocenters. The van der Waals surface area contributed by atoms with Gasteiger partial charge in [0.05, 0.1) is 31.8 Å². The lowest BCUT2D eigenvalue weighted by molar-refractivity contribution is -0.117. The Morgan fingerprint density at radius 3 is 2.76 bits per heavy atom. The maximum atomic E-state index is 12.7. The molecule has 1 amide bonds. The topological polar surface area (TPSA) is 99.5 Å². The molecule has 0 unspecified atom stereocenters. The molecule has 0 bridgehead atoms. The number of carbonyl (C=O) groups is 1. The van der Waals surface area contributed by atoms with E-state index in [2.05, 4.69) is 20.2 Å². The highest BCUT2D eigenvalue weighted by atomic mass is 16.5. The van der Waals surface area contributed by atoms with E-state index in [-0.39, 0.29) is 24.2 Å². The highest BCUT2D eigenvalue weighted by Gasteiger charge is 2.29. The minimum atomic E-state index is -0.267. The van der Waals surface area contributed by atoms with Crippen LogP contribution in [0.15, 0.2) is 41.2 Å². The number of aromatic nitrogens is 2. The number of ether oxygens (including phenoxy) is 2. The van der Waals surface area contributed by atoms with Gasteiger partial charge in [-0.05, 0) is 43.7 Å². The van der Waals surface area contributed by atoms with Crippen molar-refractivity contribution in [3.63, 3.8) is 0 Å². The summed E-state index contributed by atoms with van der Waals surface area (Å²) >= 11 is 0. The van der Waals surface area contributed by atoms with Crippen molar-refractivity contribution in [3.05, 3.63) is 52.4 Å². The number of nitrogens with zero attached hydrogens (tertiary/aromatic N) is 1. The van der Waals surface area contributed by atoms with Crippen LogP contribution < -0.4 is 20.5 Å². The number of rotatable bonds is 6. The molecule has 29 heavy (non-hydrogen) atoms. The minimum absolute atomic E-state index is 0.0957. The zero-order valence-electron chi connectivity index (χ0n) is 16.5. The predicted octanol–water partition coefficient (Wildman–Crippen LogP) is 2.65. The van der Waals surface area contributed by atoms with Crippen LogP contribution in [0, 0.1) is 0 Å². The van der Waals surface area contributed by atoms with Gasteiger partial charge in [-0.15, -0.1) is 0 Å². The lowest BCUT2D eigenvalue weighted by Crippen LogP contribution is -2.33. The summed E-state index contributed by atoms with van der Waals surface area (Å²) in [5.74, 6) is 1.41. The average Bonchev–Trinajstić information content (AvgIpc) is 3.32. The van der Waals surface area contributed by atoms with Crippen molar-refractivity contribution in [2.75, 3.05) is 32.6 Å². The first-order valence-electron chi connectivity index (χ1n) is 9.55. The van der Waals surface area contributed by atoms with Gasteiger partial charge in [0, 0.05) is 23.4 Å². The summed E-state index contributed by atoms with van der Waals surface area (Å²) in [6.45, 7) is 1.12. The van der Waals surface area contributed by atoms with Gasteiger partial charge in [0.15, 0.2) is 0 Å². The third kappa shape index (κ3) is 3.97. The van der Waals surface area contributed by atoms with E-state index in [1.54, 1.807) is 32.4 Å². The summed E-state index contributed by atoms with van der Waals surface area (Å²) in [6.07, 6.45) is 1.98. The van der Waals surface area contributed by atoms with E-state index < -0.39 is 0 Å². The molecule has 8 heteroatoms. The number of fused-ring (bicyclic) bond motifs is 1. The molecule has 0 saturated carbocycles. The molecule has 1 aromatic heterocycles. The lowest BCUT2D eigenvalue weighted by Gasteiger charge is -2.25. The number of H-pyrrole nitrogens is 2. The second kappa shape index (κ2) is 8.00. The fourth-order valence-electron chi connectivity index (χ4n) is 3.96. The zero-order chi connectivity index (χ0) is 20.4. The zero-order valence-corrected chi connectivity index (χ0v) is 16.5. The molecule has 0 radical (unpaired) electrons. The number of anilines is 1. The van der Waals surface area contributed by atoms with Crippen LogP contribution in [0.4, 0.5) is 5.69 Å². The molecule has 1 saturated heterocycles. The summed E-state index contributed by atoms with van der Waals surface area (Å²) < 4.78 is 10.8. The Bertz CT molecular complexity index is 1090. The summed E-state index contributed by atoms with van der Waals surface area (Å²) in [6, 6.07) is 11.2. The first-order chi connectivity index (χ1) is 14.1. The number of carbonyl (C=O) groups excluding carboxylic acids is 1. The number of hydrogen-bond donors (Lipinski definition) is 3. The number of likely N-dealkylation sites (tertiary alicyclic amines) is 1. The molecule has 4 rings (SSSR count). The third-order valence-corrected chi connectivity index (χ3v) is 5.31. The van der Waals surface area contributed by atoms with E-state index in [0.29, 0.717) is 16.7 Å². The van der Waals surface area contributed by atoms with E-state index in [0.717, 1.165) is 36.4 Å². The van der Waals surface area contributed by atoms with Gasteiger partial charge in [-0.3, -0.25) is 9.69 Å². The average molecular weight is 396 g/mol.